The topological polar surface area (TPSA) is 67.9 Å². The second-order valence-corrected chi connectivity index (χ2v) is 5.90. The third-order valence-electron chi connectivity index (χ3n) is 4.06. The molecule has 27 heavy (non-hydrogen) atoms. The fourth-order valence-electron chi connectivity index (χ4n) is 2.53. The van der Waals surface area contributed by atoms with Gasteiger partial charge in [0.25, 0.3) is 0 Å². The van der Waals surface area contributed by atoms with Crippen LogP contribution in [-0.4, -0.2) is 37.5 Å². The van der Waals surface area contributed by atoms with E-state index in [-0.39, 0.29) is 37.1 Å². The van der Waals surface area contributed by atoms with E-state index in [1.807, 2.05) is 0 Å². The first kappa shape index (κ1) is 20.2. The first-order chi connectivity index (χ1) is 12.9. The van der Waals surface area contributed by atoms with Crippen molar-refractivity contribution in [3.8, 4) is 11.5 Å². The predicted octanol–water partition coefficient (Wildman–Crippen LogP) is 3.22. The van der Waals surface area contributed by atoms with Gasteiger partial charge in [-0.05, 0) is 18.2 Å². The van der Waals surface area contributed by atoms with Crippen molar-refractivity contribution in [2.45, 2.75) is 19.9 Å². The fraction of sp³-hybridized carbons (Fsp3) is 0.300. The number of amides is 2. The lowest BCUT2D eigenvalue weighted by Crippen LogP contribution is -2.32. The lowest BCUT2D eigenvalue weighted by molar-refractivity contribution is -0.130. The van der Waals surface area contributed by atoms with Gasteiger partial charge in [-0.1, -0.05) is 18.2 Å². The Labute approximate surface area is 157 Å². The molecule has 6 nitrogen and oxygen atoms in total. The quantitative estimate of drug-likeness (QED) is 0.770. The van der Waals surface area contributed by atoms with Gasteiger partial charge in [0.1, 0.15) is 17.3 Å². The van der Waals surface area contributed by atoms with Crippen LogP contribution in [-0.2, 0) is 16.1 Å². The highest BCUT2D eigenvalue weighted by Gasteiger charge is 2.15. The molecule has 0 aliphatic carbocycles. The molecule has 0 spiro atoms. The highest BCUT2D eigenvalue weighted by atomic mass is 19.1. The highest BCUT2D eigenvalue weighted by molar-refractivity contribution is 5.92. The number of carbonyl (C=O) groups excluding carboxylic acids is 2. The minimum absolute atomic E-state index is 0.0726. The van der Waals surface area contributed by atoms with Crippen molar-refractivity contribution >= 4 is 17.5 Å². The molecular weight excluding hydrogens is 351 g/mol. The van der Waals surface area contributed by atoms with E-state index >= 15 is 0 Å². The molecule has 0 saturated heterocycles. The molecule has 2 aromatic rings. The molecule has 0 unspecified atom stereocenters. The molecule has 0 fully saturated rings. The lowest BCUT2D eigenvalue weighted by Gasteiger charge is -2.21. The average Bonchev–Trinajstić information content (AvgIpc) is 2.66. The smallest absolute Gasteiger partial charge is 0.226 e. The lowest BCUT2D eigenvalue weighted by atomic mass is 10.2. The molecule has 0 aromatic heterocycles. The summed E-state index contributed by atoms with van der Waals surface area (Å²) >= 11 is 0. The van der Waals surface area contributed by atoms with Gasteiger partial charge < -0.3 is 19.7 Å². The van der Waals surface area contributed by atoms with Crippen LogP contribution >= 0.6 is 0 Å². The minimum atomic E-state index is -0.379. The Morgan fingerprint density at radius 3 is 2.48 bits per heavy atom. The molecule has 0 aliphatic rings. The zero-order valence-corrected chi connectivity index (χ0v) is 15.6. The van der Waals surface area contributed by atoms with Crippen LogP contribution < -0.4 is 14.8 Å². The maximum Gasteiger partial charge on any atom is 0.226 e. The van der Waals surface area contributed by atoms with Crippen LogP contribution in [0.2, 0.25) is 0 Å². The van der Waals surface area contributed by atoms with Crippen molar-refractivity contribution in [3.05, 3.63) is 53.8 Å². The zero-order chi connectivity index (χ0) is 19.8. The molecule has 2 rings (SSSR count). The van der Waals surface area contributed by atoms with Gasteiger partial charge in [-0.15, -0.1) is 0 Å². The molecule has 2 amide bonds. The molecular formula is C20H23FN2O4. The summed E-state index contributed by atoms with van der Waals surface area (Å²) in [4.78, 5) is 25.5. The first-order valence-electron chi connectivity index (χ1n) is 8.45. The molecule has 0 saturated carbocycles. The van der Waals surface area contributed by atoms with Gasteiger partial charge in [0.05, 0.1) is 19.9 Å². The summed E-state index contributed by atoms with van der Waals surface area (Å²) in [6.45, 7) is 1.68. The van der Waals surface area contributed by atoms with Crippen LogP contribution in [0.4, 0.5) is 10.1 Å². The molecule has 0 radical (unpaired) electrons. The highest BCUT2D eigenvalue weighted by Crippen LogP contribution is 2.29. The number of benzene rings is 2. The van der Waals surface area contributed by atoms with Gasteiger partial charge in [-0.25, -0.2) is 4.39 Å². The number of rotatable bonds is 8. The van der Waals surface area contributed by atoms with Gasteiger partial charge in [0.15, 0.2) is 0 Å². The van der Waals surface area contributed by atoms with Crippen molar-refractivity contribution in [2.24, 2.45) is 0 Å². The number of halogens is 1. The Morgan fingerprint density at radius 1 is 1.11 bits per heavy atom. The largest absolute Gasteiger partial charge is 0.497 e. The Balaban J connectivity index is 1.98. The third-order valence-corrected chi connectivity index (χ3v) is 4.06. The van der Waals surface area contributed by atoms with Crippen LogP contribution in [0.1, 0.15) is 18.9 Å². The van der Waals surface area contributed by atoms with Crippen molar-refractivity contribution in [3.63, 3.8) is 0 Å². The average molecular weight is 374 g/mol. The van der Waals surface area contributed by atoms with Gasteiger partial charge in [0, 0.05) is 38.1 Å². The molecule has 1 N–H and O–H groups in total. The molecule has 2 aromatic carbocycles. The van der Waals surface area contributed by atoms with Crippen LogP contribution in [0.5, 0.6) is 11.5 Å². The first-order valence-corrected chi connectivity index (χ1v) is 8.45. The van der Waals surface area contributed by atoms with E-state index < -0.39 is 0 Å². The molecule has 7 heteroatoms. The molecule has 0 heterocycles. The van der Waals surface area contributed by atoms with E-state index in [0.717, 1.165) is 0 Å². The maximum absolute atomic E-state index is 13.8. The third kappa shape index (κ3) is 5.70. The maximum atomic E-state index is 13.8. The van der Waals surface area contributed by atoms with E-state index in [0.29, 0.717) is 22.7 Å². The van der Waals surface area contributed by atoms with Gasteiger partial charge in [-0.3, -0.25) is 9.59 Å². The standard InChI is InChI=1S/C20H23FN2O4/c1-14(24)23(13-15-6-4-5-7-17(15)21)11-10-20(25)22-18-9-8-16(26-2)12-19(18)27-3/h4-9,12H,10-11,13H2,1-3H3,(H,22,25). The van der Waals surface area contributed by atoms with E-state index in [9.17, 15) is 14.0 Å². The summed E-state index contributed by atoms with van der Waals surface area (Å²) in [6.07, 6.45) is 0.0726. The van der Waals surface area contributed by atoms with E-state index in [1.165, 1.54) is 25.0 Å². The molecule has 0 bridgehead atoms. The number of anilines is 1. The second-order valence-electron chi connectivity index (χ2n) is 5.90. The van der Waals surface area contributed by atoms with E-state index in [1.54, 1.807) is 43.5 Å². The van der Waals surface area contributed by atoms with E-state index in [4.69, 9.17) is 9.47 Å². The summed E-state index contributed by atoms with van der Waals surface area (Å²) in [7, 11) is 3.04. The molecule has 0 atom stereocenters. The Morgan fingerprint density at radius 2 is 1.85 bits per heavy atom. The van der Waals surface area contributed by atoms with Crippen molar-refractivity contribution < 1.29 is 23.5 Å². The summed E-state index contributed by atoms with van der Waals surface area (Å²) in [5.41, 5.74) is 0.914. The number of nitrogens with zero attached hydrogens (tertiary/aromatic N) is 1. The fourth-order valence-corrected chi connectivity index (χ4v) is 2.53. The summed E-state index contributed by atoms with van der Waals surface area (Å²) < 4.78 is 24.2. The van der Waals surface area contributed by atoms with Crippen LogP contribution in [0, 0.1) is 5.82 Å². The Kier molecular flexibility index (Phi) is 7.16. The monoisotopic (exact) mass is 374 g/mol. The van der Waals surface area contributed by atoms with Gasteiger partial charge in [-0.2, -0.15) is 0 Å². The number of ether oxygens (including phenoxy) is 2. The summed E-state index contributed by atoms with van der Waals surface area (Å²) in [6, 6.07) is 11.3. The second kappa shape index (κ2) is 9.56. The number of methoxy groups -OCH3 is 2. The van der Waals surface area contributed by atoms with Crippen LogP contribution in [0.15, 0.2) is 42.5 Å². The van der Waals surface area contributed by atoms with E-state index in [2.05, 4.69) is 5.32 Å². The number of hydrogen-bond donors (Lipinski definition) is 1. The summed E-state index contributed by atoms with van der Waals surface area (Å²) in [5.74, 6) is 0.192. The number of nitrogens with one attached hydrogen (secondary N) is 1. The number of hydrogen-bond acceptors (Lipinski definition) is 4. The SMILES string of the molecule is COc1ccc(NC(=O)CCN(Cc2ccccc2F)C(C)=O)c(OC)c1. The summed E-state index contributed by atoms with van der Waals surface area (Å²) in [5, 5.41) is 2.75. The molecule has 144 valence electrons. The predicted molar refractivity (Wildman–Crippen MR) is 100 cm³/mol. The van der Waals surface area contributed by atoms with Crippen molar-refractivity contribution in [1.29, 1.82) is 0 Å². The van der Waals surface area contributed by atoms with Crippen molar-refractivity contribution in [1.82, 2.24) is 4.90 Å². The van der Waals surface area contributed by atoms with Crippen LogP contribution in [0.3, 0.4) is 0 Å². The van der Waals surface area contributed by atoms with Gasteiger partial charge >= 0.3 is 0 Å². The minimum Gasteiger partial charge on any atom is -0.497 e. The Bertz CT molecular complexity index is 810. The van der Waals surface area contributed by atoms with Gasteiger partial charge in [0.2, 0.25) is 11.8 Å². The van der Waals surface area contributed by atoms with Crippen molar-refractivity contribution in [2.75, 3.05) is 26.1 Å². The number of carbonyl (C=O) groups is 2. The molecule has 0 aliphatic heterocycles. The Hall–Kier alpha value is -3.09. The van der Waals surface area contributed by atoms with Crippen LogP contribution in [0.25, 0.3) is 0 Å². The normalized spacial score (nSPS) is 10.2. The zero-order valence-electron chi connectivity index (χ0n) is 15.6.